The van der Waals surface area contributed by atoms with E-state index in [-0.39, 0.29) is 12.4 Å². The largest absolute Gasteiger partial charge is 0.505 e. The fraction of sp³-hybridized carbons (Fsp3) is 0.222. The monoisotopic (exact) mass is 280 g/mol. The Morgan fingerprint density at radius 1 is 1.61 bits per heavy atom. The van der Waals surface area contributed by atoms with Gasteiger partial charge in [-0.3, -0.25) is 14.9 Å². The summed E-state index contributed by atoms with van der Waals surface area (Å²) < 4.78 is 17.5. The smallest absolute Gasteiger partial charge is 0.327 e. The van der Waals surface area contributed by atoms with Crippen LogP contribution < -0.4 is 5.73 Å². The van der Waals surface area contributed by atoms with Crippen LogP contribution >= 0.6 is 12.4 Å². The molecule has 1 rings (SSSR count). The number of aromatic hydroxyl groups is 1. The van der Waals surface area contributed by atoms with Crippen molar-refractivity contribution in [1.82, 2.24) is 0 Å². The Bertz CT molecular complexity index is 482. The van der Waals surface area contributed by atoms with Crippen LogP contribution in [-0.4, -0.2) is 23.1 Å². The number of hydrogen-bond donors (Lipinski definition) is 2. The quantitative estimate of drug-likeness (QED) is 0.485. The van der Waals surface area contributed by atoms with E-state index in [4.69, 9.17) is 5.73 Å². The number of non-ortho nitro benzene ring substituents is 1. The summed E-state index contributed by atoms with van der Waals surface area (Å²) in [6, 6.07) is -0.141. The minimum Gasteiger partial charge on any atom is -0.505 e. The third kappa shape index (κ3) is 3.05. The lowest BCUT2D eigenvalue weighted by Gasteiger charge is -2.11. The molecule has 0 amide bonds. The van der Waals surface area contributed by atoms with Crippen LogP contribution in [0.25, 0.3) is 0 Å². The van der Waals surface area contributed by atoms with Crippen LogP contribution in [0.4, 0.5) is 10.1 Å². The number of carbonyl (C=O) groups is 1. The highest BCUT2D eigenvalue weighted by molar-refractivity contribution is 5.85. The zero-order chi connectivity index (χ0) is 13.2. The molecule has 0 heterocycles. The maximum atomic E-state index is 13.2. The van der Waals surface area contributed by atoms with Crippen LogP contribution in [0.15, 0.2) is 12.1 Å². The maximum absolute atomic E-state index is 13.2. The maximum Gasteiger partial charge on any atom is 0.327 e. The van der Waals surface area contributed by atoms with E-state index in [1.54, 1.807) is 0 Å². The predicted molar refractivity (Wildman–Crippen MR) is 60.9 cm³/mol. The van der Waals surface area contributed by atoms with E-state index in [0.29, 0.717) is 6.07 Å². The van der Waals surface area contributed by atoms with E-state index < -0.39 is 39.8 Å². The standard InChI is InChI=1S/C9H9FN2O5.ClH/c1-17-9(14)7(11)5-2-4(12(15)16)3-6(10)8(5)13;/h2-3,7,13H,11H2,1H3;1H/t7-;/m1./s1. The summed E-state index contributed by atoms with van der Waals surface area (Å²) in [6.45, 7) is 0. The van der Waals surface area contributed by atoms with Crippen molar-refractivity contribution in [3.05, 3.63) is 33.6 Å². The molecule has 0 saturated heterocycles. The van der Waals surface area contributed by atoms with E-state index in [1.807, 2.05) is 0 Å². The molecule has 7 nitrogen and oxygen atoms in total. The zero-order valence-corrected chi connectivity index (χ0v) is 9.94. The van der Waals surface area contributed by atoms with E-state index in [9.17, 15) is 24.4 Å². The van der Waals surface area contributed by atoms with Crippen LogP contribution in [0, 0.1) is 15.9 Å². The minimum atomic E-state index is -1.49. The summed E-state index contributed by atoms with van der Waals surface area (Å²) in [5, 5.41) is 19.8. The van der Waals surface area contributed by atoms with Gasteiger partial charge >= 0.3 is 5.97 Å². The van der Waals surface area contributed by atoms with Gasteiger partial charge in [-0.2, -0.15) is 0 Å². The highest BCUT2D eigenvalue weighted by atomic mass is 35.5. The van der Waals surface area contributed by atoms with Gasteiger partial charge in [0, 0.05) is 11.6 Å². The normalized spacial score (nSPS) is 11.3. The van der Waals surface area contributed by atoms with Gasteiger partial charge in [0.25, 0.3) is 5.69 Å². The van der Waals surface area contributed by atoms with Gasteiger partial charge in [-0.25, -0.2) is 4.39 Å². The van der Waals surface area contributed by atoms with Crippen molar-refractivity contribution in [3.63, 3.8) is 0 Å². The first-order valence-corrected chi connectivity index (χ1v) is 4.38. The number of benzene rings is 1. The van der Waals surface area contributed by atoms with Crippen LogP contribution in [-0.2, 0) is 9.53 Å². The molecule has 0 fully saturated rings. The predicted octanol–water partition coefficient (Wildman–Crippen LogP) is 1.03. The number of esters is 1. The van der Waals surface area contributed by atoms with Crippen LogP contribution in [0.2, 0.25) is 0 Å². The molecule has 100 valence electrons. The molecule has 0 radical (unpaired) electrons. The van der Waals surface area contributed by atoms with Crippen LogP contribution in [0.1, 0.15) is 11.6 Å². The summed E-state index contributed by atoms with van der Waals surface area (Å²) in [7, 11) is 1.05. The number of ether oxygens (including phenoxy) is 1. The molecule has 1 aromatic carbocycles. The molecule has 0 aliphatic heterocycles. The third-order valence-electron chi connectivity index (χ3n) is 2.08. The van der Waals surface area contributed by atoms with Gasteiger partial charge in [-0.1, -0.05) is 0 Å². The molecule has 0 unspecified atom stereocenters. The summed E-state index contributed by atoms with van der Waals surface area (Å²) in [6.07, 6.45) is 0. The number of nitro benzene ring substituents is 1. The average Bonchev–Trinajstić information content (AvgIpc) is 2.30. The zero-order valence-electron chi connectivity index (χ0n) is 9.12. The van der Waals surface area contributed by atoms with Crippen LogP contribution in [0.3, 0.4) is 0 Å². The minimum absolute atomic E-state index is 0. The fourth-order valence-electron chi connectivity index (χ4n) is 1.20. The molecule has 1 aromatic rings. The molecule has 18 heavy (non-hydrogen) atoms. The number of methoxy groups -OCH3 is 1. The second kappa shape index (κ2) is 6.12. The van der Waals surface area contributed by atoms with Crippen molar-refractivity contribution in [2.24, 2.45) is 5.73 Å². The Balaban J connectivity index is 0.00000289. The second-order valence-electron chi connectivity index (χ2n) is 3.12. The summed E-state index contributed by atoms with van der Waals surface area (Å²) in [5.74, 6) is -3.08. The van der Waals surface area contributed by atoms with E-state index in [0.717, 1.165) is 13.2 Å². The molecule has 0 aliphatic rings. The van der Waals surface area contributed by atoms with Crippen molar-refractivity contribution in [3.8, 4) is 5.75 Å². The van der Waals surface area contributed by atoms with Crippen molar-refractivity contribution >= 4 is 24.1 Å². The first-order valence-electron chi connectivity index (χ1n) is 4.38. The van der Waals surface area contributed by atoms with Crippen molar-refractivity contribution in [1.29, 1.82) is 0 Å². The number of halogens is 2. The van der Waals surface area contributed by atoms with Gasteiger partial charge in [0.05, 0.1) is 18.1 Å². The lowest BCUT2D eigenvalue weighted by molar-refractivity contribution is -0.385. The lowest BCUT2D eigenvalue weighted by Crippen LogP contribution is -2.23. The molecule has 1 atom stereocenters. The number of nitrogens with zero attached hydrogens (tertiary/aromatic N) is 1. The molecule has 0 aromatic heterocycles. The van der Waals surface area contributed by atoms with Gasteiger partial charge in [-0.15, -0.1) is 12.4 Å². The fourth-order valence-corrected chi connectivity index (χ4v) is 1.20. The number of rotatable bonds is 3. The van der Waals surface area contributed by atoms with E-state index >= 15 is 0 Å². The number of phenols is 1. The SMILES string of the molecule is COC(=O)[C@H](N)c1cc([N+](=O)[O-])cc(F)c1O.Cl. The topological polar surface area (TPSA) is 116 Å². The summed E-state index contributed by atoms with van der Waals surface area (Å²) in [5.41, 5.74) is 4.35. The Hall–Kier alpha value is -1.93. The first-order chi connectivity index (χ1) is 7.88. The Morgan fingerprint density at radius 2 is 2.17 bits per heavy atom. The van der Waals surface area contributed by atoms with Gasteiger partial charge in [0.1, 0.15) is 6.04 Å². The number of hydrogen-bond acceptors (Lipinski definition) is 6. The molecule has 0 saturated carbocycles. The summed E-state index contributed by atoms with van der Waals surface area (Å²) >= 11 is 0. The van der Waals surface area contributed by atoms with Crippen molar-refractivity contribution < 1.29 is 24.0 Å². The second-order valence-corrected chi connectivity index (χ2v) is 3.12. The first kappa shape index (κ1) is 16.1. The molecule has 9 heteroatoms. The van der Waals surface area contributed by atoms with Gasteiger partial charge in [0.15, 0.2) is 11.6 Å². The van der Waals surface area contributed by atoms with Gasteiger partial charge < -0.3 is 15.6 Å². The molecular formula is C9H10ClFN2O5. The summed E-state index contributed by atoms with van der Waals surface area (Å²) in [4.78, 5) is 20.7. The highest BCUT2D eigenvalue weighted by Gasteiger charge is 2.25. The van der Waals surface area contributed by atoms with Gasteiger partial charge in [-0.05, 0) is 0 Å². The molecule has 0 aliphatic carbocycles. The van der Waals surface area contributed by atoms with Crippen molar-refractivity contribution in [2.45, 2.75) is 6.04 Å². The molecule has 0 bridgehead atoms. The molecule has 0 spiro atoms. The van der Waals surface area contributed by atoms with E-state index in [1.165, 1.54) is 0 Å². The van der Waals surface area contributed by atoms with Gasteiger partial charge in [0.2, 0.25) is 0 Å². The Labute approximate surface area is 107 Å². The number of phenolic OH excluding ortho intramolecular Hbond substituents is 1. The number of nitrogens with two attached hydrogens (primary N) is 1. The molecule has 3 N–H and O–H groups in total. The van der Waals surface area contributed by atoms with Crippen LogP contribution in [0.5, 0.6) is 5.75 Å². The Kier molecular flexibility index (Phi) is 5.47. The highest BCUT2D eigenvalue weighted by Crippen LogP contribution is 2.31. The van der Waals surface area contributed by atoms with Crippen molar-refractivity contribution in [2.75, 3.05) is 7.11 Å². The van der Waals surface area contributed by atoms with E-state index in [2.05, 4.69) is 4.74 Å². The number of carbonyl (C=O) groups excluding carboxylic acids is 1. The number of nitro groups is 1. The third-order valence-corrected chi connectivity index (χ3v) is 2.08. The average molecular weight is 281 g/mol. The Morgan fingerprint density at radius 3 is 2.61 bits per heavy atom. The molecular weight excluding hydrogens is 271 g/mol. The lowest BCUT2D eigenvalue weighted by atomic mass is 10.1.